The summed E-state index contributed by atoms with van der Waals surface area (Å²) in [6.45, 7) is 5.76. The van der Waals surface area contributed by atoms with Crippen LogP contribution < -0.4 is 0 Å². The molecule has 0 aliphatic carbocycles. The lowest BCUT2D eigenvalue weighted by atomic mass is 9.91. The van der Waals surface area contributed by atoms with Gasteiger partial charge in [-0.15, -0.1) is 11.3 Å². The number of carboxylic acid groups (broad SMARTS) is 1. The maximum Gasteiger partial charge on any atom is 0.346 e. The molecule has 1 atom stereocenters. The van der Waals surface area contributed by atoms with Gasteiger partial charge in [-0.1, -0.05) is 20.8 Å². The number of hydrogen-bond acceptors (Lipinski definition) is 4. The molecule has 0 saturated heterocycles. The van der Waals surface area contributed by atoms with E-state index in [1.807, 2.05) is 20.8 Å². The van der Waals surface area contributed by atoms with E-state index in [0.29, 0.717) is 16.9 Å². The Morgan fingerprint density at radius 3 is 2.29 bits per heavy atom. The second-order valence-corrected chi connectivity index (χ2v) is 7.97. The van der Waals surface area contributed by atoms with Gasteiger partial charge in [-0.05, 0) is 23.5 Å². The van der Waals surface area contributed by atoms with Gasteiger partial charge in [0.2, 0.25) is 0 Å². The van der Waals surface area contributed by atoms with Gasteiger partial charge in [-0.3, -0.25) is 0 Å². The minimum Gasteiger partial charge on any atom is -0.477 e. The first kappa shape index (κ1) is 14.5. The van der Waals surface area contributed by atoms with E-state index in [2.05, 4.69) is 0 Å². The maximum absolute atomic E-state index is 11.2. The molecule has 4 nitrogen and oxygen atoms in total. The monoisotopic (exact) mass is 296 g/mol. The van der Waals surface area contributed by atoms with Crippen molar-refractivity contribution in [3.8, 4) is 0 Å². The van der Waals surface area contributed by atoms with E-state index in [9.17, 15) is 13.2 Å². The average Bonchev–Trinajstić information content (AvgIpc) is 2.59. The molecular weight excluding hydrogens is 284 g/mol. The summed E-state index contributed by atoms with van der Waals surface area (Å²) in [5.74, 6) is -0.942. The zero-order valence-electron chi connectivity index (χ0n) is 9.60. The largest absolute Gasteiger partial charge is 0.477 e. The summed E-state index contributed by atoms with van der Waals surface area (Å²) in [4.78, 5) is 11.1. The van der Waals surface area contributed by atoms with Gasteiger partial charge in [0.25, 0.3) is 9.05 Å². The second kappa shape index (κ2) is 4.96. The third kappa shape index (κ3) is 3.20. The predicted molar refractivity (Wildman–Crippen MR) is 67.6 cm³/mol. The Labute approximate surface area is 109 Å². The van der Waals surface area contributed by atoms with Crippen LogP contribution in [0, 0.1) is 5.92 Å². The molecule has 7 heteroatoms. The first-order chi connectivity index (χ1) is 7.64. The van der Waals surface area contributed by atoms with E-state index in [4.69, 9.17) is 15.8 Å². The molecular formula is C10H13ClO4S2. The number of thiophene rings is 1. The standard InChI is InChI=1S/C10H13ClO4S2/c1-5(2)6(3)7-4-8(17(11,14)15)16-9(7)10(12)13/h4-6H,1-3H3,(H,12,13). The van der Waals surface area contributed by atoms with Gasteiger partial charge in [-0.2, -0.15) is 0 Å². The number of rotatable bonds is 4. The Morgan fingerprint density at radius 2 is 1.94 bits per heavy atom. The molecule has 0 fully saturated rings. The quantitative estimate of drug-likeness (QED) is 0.867. The van der Waals surface area contributed by atoms with Gasteiger partial charge >= 0.3 is 5.97 Å². The number of halogens is 1. The van der Waals surface area contributed by atoms with Gasteiger partial charge in [0, 0.05) is 10.7 Å². The summed E-state index contributed by atoms with van der Waals surface area (Å²) >= 11 is 0.701. The van der Waals surface area contributed by atoms with Crippen LogP contribution in [0.2, 0.25) is 0 Å². The Morgan fingerprint density at radius 1 is 1.41 bits per heavy atom. The first-order valence-corrected chi connectivity index (χ1v) is 8.08. The Kier molecular flexibility index (Phi) is 4.22. The highest BCUT2D eigenvalue weighted by molar-refractivity contribution is 8.15. The van der Waals surface area contributed by atoms with Crippen LogP contribution in [0.15, 0.2) is 10.3 Å². The Balaban J connectivity index is 3.39. The van der Waals surface area contributed by atoms with Crippen LogP contribution in [-0.2, 0) is 9.05 Å². The lowest BCUT2D eigenvalue weighted by Gasteiger charge is -2.14. The van der Waals surface area contributed by atoms with Gasteiger partial charge in [0.15, 0.2) is 0 Å². The molecule has 1 rings (SSSR count). The second-order valence-electron chi connectivity index (χ2n) is 4.13. The molecule has 0 aliphatic heterocycles. The van der Waals surface area contributed by atoms with Crippen LogP contribution >= 0.6 is 22.0 Å². The van der Waals surface area contributed by atoms with Crippen molar-refractivity contribution in [2.75, 3.05) is 0 Å². The highest BCUT2D eigenvalue weighted by Gasteiger charge is 2.25. The minimum atomic E-state index is -3.87. The fourth-order valence-corrected chi connectivity index (χ4v) is 3.54. The zero-order chi connectivity index (χ0) is 13.4. The van der Waals surface area contributed by atoms with E-state index in [1.165, 1.54) is 6.07 Å². The molecule has 0 spiro atoms. The van der Waals surface area contributed by atoms with Crippen molar-refractivity contribution in [3.05, 3.63) is 16.5 Å². The van der Waals surface area contributed by atoms with Gasteiger partial charge in [0.1, 0.15) is 9.09 Å². The summed E-state index contributed by atoms with van der Waals surface area (Å²) in [6.07, 6.45) is 0. The summed E-state index contributed by atoms with van der Waals surface area (Å²) in [5.41, 5.74) is 0.525. The molecule has 0 aliphatic rings. The zero-order valence-corrected chi connectivity index (χ0v) is 12.0. The van der Waals surface area contributed by atoms with Crippen molar-refractivity contribution in [3.63, 3.8) is 0 Å². The molecule has 17 heavy (non-hydrogen) atoms. The smallest absolute Gasteiger partial charge is 0.346 e. The SMILES string of the molecule is CC(C)C(C)c1cc(S(=O)(=O)Cl)sc1C(=O)O. The number of hydrogen-bond donors (Lipinski definition) is 1. The molecule has 1 aromatic heterocycles. The van der Waals surface area contributed by atoms with E-state index in [-0.39, 0.29) is 20.9 Å². The average molecular weight is 297 g/mol. The lowest BCUT2D eigenvalue weighted by molar-refractivity contribution is 0.0700. The topological polar surface area (TPSA) is 71.4 Å². The summed E-state index contributed by atoms with van der Waals surface area (Å²) in [7, 11) is 1.35. The van der Waals surface area contributed by atoms with Crippen molar-refractivity contribution < 1.29 is 18.3 Å². The van der Waals surface area contributed by atoms with Crippen LogP contribution in [0.5, 0.6) is 0 Å². The van der Waals surface area contributed by atoms with Gasteiger partial charge in [-0.25, -0.2) is 13.2 Å². The highest BCUT2D eigenvalue weighted by atomic mass is 35.7. The van der Waals surface area contributed by atoms with Crippen molar-refractivity contribution in [1.29, 1.82) is 0 Å². The predicted octanol–water partition coefficient (Wildman–Crippen LogP) is 3.13. The van der Waals surface area contributed by atoms with E-state index in [0.717, 1.165) is 0 Å². The minimum absolute atomic E-state index is 0.0375. The lowest BCUT2D eigenvalue weighted by Crippen LogP contribution is -2.06. The molecule has 96 valence electrons. The number of carboxylic acids is 1. The third-order valence-electron chi connectivity index (χ3n) is 2.66. The highest BCUT2D eigenvalue weighted by Crippen LogP contribution is 2.36. The van der Waals surface area contributed by atoms with Gasteiger partial charge in [0.05, 0.1) is 0 Å². The van der Waals surface area contributed by atoms with Crippen molar-refractivity contribution in [2.45, 2.75) is 30.9 Å². The molecule has 1 unspecified atom stereocenters. The molecule has 1 heterocycles. The third-order valence-corrected chi connectivity index (χ3v) is 5.88. The van der Waals surface area contributed by atoms with Gasteiger partial charge < -0.3 is 5.11 Å². The molecule has 0 bridgehead atoms. The molecule has 1 N–H and O–H groups in total. The van der Waals surface area contributed by atoms with E-state index < -0.39 is 15.0 Å². The fraction of sp³-hybridized carbons (Fsp3) is 0.500. The summed E-state index contributed by atoms with van der Waals surface area (Å²) in [5, 5.41) is 9.05. The summed E-state index contributed by atoms with van der Waals surface area (Å²) in [6, 6.07) is 1.36. The van der Waals surface area contributed by atoms with Crippen molar-refractivity contribution in [2.24, 2.45) is 5.92 Å². The van der Waals surface area contributed by atoms with Crippen molar-refractivity contribution >= 4 is 37.0 Å². The molecule has 0 saturated carbocycles. The fourth-order valence-electron chi connectivity index (χ4n) is 1.37. The Bertz CT molecular complexity index is 531. The van der Waals surface area contributed by atoms with Crippen molar-refractivity contribution in [1.82, 2.24) is 0 Å². The number of carbonyl (C=O) groups is 1. The summed E-state index contributed by atoms with van der Waals surface area (Å²) < 4.78 is 22.3. The first-order valence-electron chi connectivity index (χ1n) is 4.96. The van der Waals surface area contributed by atoms with Crippen LogP contribution in [0.25, 0.3) is 0 Å². The molecule has 1 aromatic rings. The maximum atomic E-state index is 11.2. The molecule has 0 radical (unpaired) electrons. The van der Waals surface area contributed by atoms with Crippen LogP contribution in [0.4, 0.5) is 0 Å². The van der Waals surface area contributed by atoms with E-state index in [1.54, 1.807) is 0 Å². The Hall–Kier alpha value is -0.590. The molecule has 0 aromatic carbocycles. The van der Waals surface area contributed by atoms with Crippen LogP contribution in [0.1, 0.15) is 41.9 Å². The number of aromatic carboxylic acids is 1. The normalized spacial score (nSPS) is 13.9. The van der Waals surface area contributed by atoms with Crippen LogP contribution in [0.3, 0.4) is 0 Å². The molecule has 0 amide bonds. The van der Waals surface area contributed by atoms with Crippen LogP contribution in [-0.4, -0.2) is 19.5 Å². The van der Waals surface area contributed by atoms with E-state index >= 15 is 0 Å².